The molecule has 0 radical (unpaired) electrons. The van der Waals surface area contributed by atoms with Gasteiger partial charge in [0.2, 0.25) is 5.91 Å². The lowest BCUT2D eigenvalue weighted by atomic mass is 10.1. The molecule has 0 atom stereocenters. The minimum Gasteiger partial charge on any atom is -0.338 e. The molecule has 1 N–H and O–H groups in total. The first-order valence-corrected chi connectivity index (χ1v) is 10.7. The van der Waals surface area contributed by atoms with Gasteiger partial charge in [-0.05, 0) is 35.7 Å². The first-order chi connectivity index (χ1) is 15.2. The number of rotatable bonds is 5. The van der Waals surface area contributed by atoms with Crippen LogP contribution in [0.3, 0.4) is 0 Å². The molecule has 5 rings (SSSR count). The molecular formula is C25H18FN3OS. The number of amides is 1. The molecule has 0 aliphatic carbocycles. The van der Waals surface area contributed by atoms with Gasteiger partial charge >= 0.3 is 0 Å². The zero-order valence-electron chi connectivity index (χ0n) is 16.5. The van der Waals surface area contributed by atoms with E-state index in [2.05, 4.69) is 10.3 Å². The molecule has 5 aromatic rings. The fourth-order valence-electron chi connectivity index (χ4n) is 3.59. The van der Waals surface area contributed by atoms with Crippen molar-refractivity contribution in [1.29, 1.82) is 0 Å². The van der Waals surface area contributed by atoms with Crippen molar-refractivity contribution in [1.82, 2.24) is 9.55 Å². The van der Waals surface area contributed by atoms with Gasteiger partial charge in [0, 0.05) is 28.2 Å². The Morgan fingerprint density at radius 1 is 0.935 bits per heavy atom. The number of benzene rings is 3. The van der Waals surface area contributed by atoms with Gasteiger partial charge in [0.25, 0.3) is 0 Å². The zero-order valence-corrected chi connectivity index (χ0v) is 17.3. The Morgan fingerprint density at radius 2 is 1.68 bits per heavy atom. The standard InChI is InChI=1S/C25H18FN3OS/c26-20-10-4-2-8-18(20)25-28-22(16-31-25)19-9-3-5-11-21(19)27-24(30)15-29-14-13-17-7-1-6-12-23(17)29/h1-14,16H,15H2,(H,27,30). The number of carbonyl (C=O) groups is 1. The van der Waals surface area contributed by atoms with E-state index < -0.39 is 0 Å². The zero-order chi connectivity index (χ0) is 21.2. The van der Waals surface area contributed by atoms with E-state index in [1.54, 1.807) is 18.2 Å². The van der Waals surface area contributed by atoms with Crippen LogP contribution in [0.2, 0.25) is 0 Å². The molecule has 6 heteroatoms. The van der Waals surface area contributed by atoms with Crippen LogP contribution in [0.5, 0.6) is 0 Å². The monoisotopic (exact) mass is 427 g/mol. The fraction of sp³-hybridized carbons (Fsp3) is 0.0400. The number of thiazole rings is 1. The van der Waals surface area contributed by atoms with E-state index in [1.807, 2.05) is 70.7 Å². The van der Waals surface area contributed by atoms with Crippen LogP contribution in [0.15, 0.2) is 90.4 Å². The van der Waals surface area contributed by atoms with Crippen molar-refractivity contribution in [2.75, 3.05) is 5.32 Å². The molecule has 2 aromatic heterocycles. The van der Waals surface area contributed by atoms with Gasteiger partial charge in [-0.1, -0.05) is 48.5 Å². The number of para-hydroxylation sites is 2. The average molecular weight is 428 g/mol. The molecule has 0 fully saturated rings. The van der Waals surface area contributed by atoms with Gasteiger partial charge in [-0.2, -0.15) is 0 Å². The number of hydrogen-bond acceptors (Lipinski definition) is 3. The molecule has 1 amide bonds. The molecule has 0 unspecified atom stereocenters. The molecule has 4 nitrogen and oxygen atoms in total. The van der Waals surface area contributed by atoms with E-state index in [1.165, 1.54) is 17.4 Å². The van der Waals surface area contributed by atoms with Gasteiger partial charge in [-0.3, -0.25) is 4.79 Å². The Balaban J connectivity index is 1.40. The number of fused-ring (bicyclic) bond motifs is 1. The predicted molar refractivity (Wildman–Crippen MR) is 124 cm³/mol. The summed E-state index contributed by atoms with van der Waals surface area (Å²) in [5, 5.41) is 6.59. The molecule has 0 spiro atoms. The van der Waals surface area contributed by atoms with Crippen molar-refractivity contribution in [3.05, 3.63) is 96.3 Å². The summed E-state index contributed by atoms with van der Waals surface area (Å²) in [7, 11) is 0. The maximum Gasteiger partial charge on any atom is 0.244 e. The Morgan fingerprint density at radius 3 is 2.55 bits per heavy atom. The Bertz CT molecular complexity index is 1390. The third-order valence-corrected chi connectivity index (χ3v) is 5.96. The van der Waals surface area contributed by atoms with Gasteiger partial charge in [0.1, 0.15) is 17.4 Å². The number of anilines is 1. The molecule has 0 bridgehead atoms. The van der Waals surface area contributed by atoms with Gasteiger partial charge in [-0.25, -0.2) is 9.37 Å². The van der Waals surface area contributed by atoms with Crippen molar-refractivity contribution in [3.8, 4) is 21.8 Å². The van der Waals surface area contributed by atoms with Crippen molar-refractivity contribution in [2.45, 2.75) is 6.54 Å². The van der Waals surface area contributed by atoms with Gasteiger partial charge < -0.3 is 9.88 Å². The van der Waals surface area contributed by atoms with Crippen molar-refractivity contribution in [3.63, 3.8) is 0 Å². The average Bonchev–Trinajstić information content (AvgIpc) is 3.42. The molecule has 2 heterocycles. The SMILES string of the molecule is O=C(Cn1ccc2ccccc21)Nc1ccccc1-c1csc(-c2ccccc2F)n1. The normalized spacial score (nSPS) is 11.0. The van der Waals surface area contributed by atoms with Crippen molar-refractivity contribution >= 4 is 33.8 Å². The predicted octanol–water partition coefficient (Wildman–Crippen LogP) is 6.21. The number of nitrogens with one attached hydrogen (secondary N) is 1. The number of halogens is 1. The molecule has 0 saturated heterocycles. The molecule has 31 heavy (non-hydrogen) atoms. The maximum absolute atomic E-state index is 14.1. The van der Waals surface area contributed by atoms with Crippen LogP contribution in [-0.4, -0.2) is 15.5 Å². The Kier molecular flexibility index (Phi) is 5.06. The smallest absolute Gasteiger partial charge is 0.244 e. The molecular weight excluding hydrogens is 409 g/mol. The van der Waals surface area contributed by atoms with Crippen molar-refractivity contribution < 1.29 is 9.18 Å². The van der Waals surface area contributed by atoms with E-state index in [-0.39, 0.29) is 18.3 Å². The van der Waals surface area contributed by atoms with Gasteiger partial charge in [-0.15, -0.1) is 11.3 Å². The second-order valence-electron chi connectivity index (χ2n) is 7.11. The first-order valence-electron chi connectivity index (χ1n) is 9.82. The third-order valence-electron chi connectivity index (χ3n) is 5.08. The molecule has 0 aliphatic rings. The number of hydrogen-bond donors (Lipinski definition) is 1. The minimum absolute atomic E-state index is 0.127. The largest absolute Gasteiger partial charge is 0.338 e. The summed E-state index contributed by atoms with van der Waals surface area (Å²) < 4.78 is 16.1. The molecule has 0 saturated carbocycles. The van der Waals surface area contributed by atoms with Crippen LogP contribution in [0.4, 0.5) is 10.1 Å². The summed E-state index contributed by atoms with van der Waals surface area (Å²) in [6.45, 7) is 0.208. The summed E-state index contributed by atoms with van der Waals surface area (Å²) in [6.07, 6.45) is 1.91. The summed E-state index contributed by atoms with van der Waals surface area (Å²) in [4.78, 5) is 17.4. The molecule has 152 valence electrons. The lowest BCUT2D eigenvalue weighted by molar-refractivity contribution is -0.116. The maximum atomic E-state index is 14.1. The summed E-state index contributed by atoms with van der Waals surface area (Å²) in [5.41, 5.74) is 3.66. The van der Waals surface area contributed by atoms with Crippen LogP contribution in [0.25, 0.3) is 32.7 Å². The minimum atomic E-state index is -0.302. The van der Waals surface area contributed by atoms with Crippen LogP contribution in [-0.2, 0) is 11.3 Å². The quantitative estimate of drug-likeness (QED) is 0.362. The van der Waals surface area contributed by atoms with E-state index >= 15 is 0 Å². The highest BCUT2D eigenvalue weighted by Crippen LogP contribution is 2.33. The number of nitrogens with zero attached hydrogens (tertiary/aromatic N) is 2. The van der Waals surface area contributed by atoms with Crippen LogP contribution in [0.1, 0.15) is 0 Å². The van der Waals surface area contributed by atoms with E-state index in [0.29, 0.717) is 22.0 Å². The molecule has 0 aliphatic heterocycles. The Hall–Kier alpha value is -3.77. The first kappa shape index (κ1) is 19.2. The second kappa shape index (κ2) is 8.16. The summed E-state index contributed by atoms with van der Waals surface area (Å²) >= 11 is 1.38. The van der Waals surface area contributed by atoms with E-state index in [9.17, 15) is 9.18 Å². The highest BCUT2D eigenvalue weighted by Gasteiger charge is 2.14. The highest BCUT2D eigenvalue weighted by molar-refractivity contribution is 7.13. The van der Waals surface area contributed by atoms with Gasteiger partial charge in [0.05, 0.1) is 11.4 Å². The Labute approximate surface area is 182 Å². The fourth-order valence-corrected chi connectivity index (χ4v) is 4.44. The van der Waals surface area contributed by atoms with Gasteiger partial charge in [0.15, 0.2) is 0 Å². The summed E-state index contributed by atoms with van der Waals surface area (Å²) in [6, 6.07) is 24.1. The topological polar surface area (TPSA) is 46.9 Å². The van der Waals surface area contributed by atoms with Crippen LogP contribution < -0.4 is 5.32 Å². The highest BCUT2D eigenvalue weighted by atomic mass is 32.1. The second-order valence-corrected chi connectivity index (χ2v) is 7.97. The van der Waals surface area contributed by atoms with Crippen molar-refractivity contribution in [2.24, 2.45) is 0 Å². The lowest BCUT2D eigenvalue weighted by Crippen LogP contribution is -2.18. The molecule has 3 aromatic carbocycles. The van der Waals surface area contributed by atoms with Crippen LogP contribution >= 0.6 is 11.3 Å². The van der Waals surface area contributed by atoms with E-state index in [4.69, 9.17) is 0 Å². The number of carbonyl (C=O) groups excluding carboxylic acids is 1. The third kappa shape index (κ3) is 3.85. The number of aromatic nitrogens is 2. The van der Waals surface area contributed by atoms with E-state index in [0.717, 1.165) is 16.5 Å². The van der Waals surface area contributed by atoms with Crippen LogP contribution in [0, 0.1) is 5.82 Å². The lowest BCUT2D eigenvalue weighted by Gasteiger charge is -2.11. The summed E-state index contributed by atoms with van der Waals surface area (Å²) in [5.74, 6) is -0.428.